The summed E-state index contributed by atoms with van der Waals surface area (Å²) in [6.45, 7) is 0. The number of ether oxygens (including phenoxy) is 1. The van der Waals surface area contributed by atoms with Gasteiger partial charge in [0.15, 0.2) is 0 Å². The third kappa shape index (κ3) is 3.32. The molecular weight excluding hydrogens is 342 g/mol. The van der Waals surface area contributed by atoms with E-state index in [0.29, 0.717) is 22.9 Å². The van der Waals surface area contributed by atoms with E-state index in [1.807, 2.05) is 48.5 Å². The van der Waals surface area contributed by atoms with Crippen LogP contribution in [-0.4, -0.2) is 11.9 Å². The van der Waals surface area contributed by atoms with Gasteiger partial charge < -0.3 is 21.1 Å². The summed E-state index contributed by atoms with van der Waals surface area (Å²) in [5.74, 6) is 0.648. The Bertz CT molecular complexity index is 987. The molecule has 0 aromatic heterocycles. The Kier molecular flexibility index (Phi) is 4.22. The first-order valence-electron chi connectivity index (χ1n) is 8.45. The van der Waals surface area contributed by atoms with Gasteiger partial charge in [0, 0.05) is 22.5 Å². The van der Waals surface area contributed by atoms with Crippen LogP contribution >= 0.6 is 0 Å². The quantitative estimate of drug-likeness (QED) is 0.658. The number of nitrogens with two attached hydrogens (primary N) is 1. The average Bonchev–Trinajstić information content (AvgIpc) is 2.65. The van der Waals surface area contributed by atoms with E-state index >= 15 is 0 Å². The van der Waals surface area contributed by atoms with Crippen LogP contribution < -0.4 is 21.1 Å². The highest BCUT2D eigenvalue weighted by Crippen LogP contribution is 2.44. The number of carbonyl (C=O) groups is 2. The van der Waals surface area contributed by atoms with E-state index in [2.05, 4.69) is 10.6 Å². The number of fused-ring (bicyclic) bond motifs is 2. The Labute approximate surface area is 156 Å². The molecule has 1 aliphatic rings. The van der Waals surface area contributed by atoms with Crippen molar-refractivity contribution in [2.75, 3.05) is 10.6 Å². The van der Waals surface area contributed by atoms with Gasteiger partial charge in [-0.1, -0.05) is 42.5 Å². The number of amides is 3. The molecule has 0 spiro atoms. The van der Waals surface area contributed by atoms with Gasteiger partial charge >= 0.3 is 6.03 Å². The minimum absolute atomic E-state index is 0.186. The Hall–Kier alpha value is -3.80. The van der Waals surface area contributed by atoms with Crippen molar-refractivity contribution in [3.8, 4) is 11.5 Å². The highest BCUT2D eigenvalue weighted by atomic mass is 16.5. The summed E-state index contributed by atoms with van der Waals surface area (Å²) < 4.78 is 5.93. The van der Waals surface area contributed by atoms with E-state index in [4.69, 9.17) is 10.5 Å². The van der Waals surface area contributed by atoms with Gasteiger partial charge in [0.25, 0.3) is 0 Å². The first-order valence-corrected chi connectivity index (χ1v) is 8.45. The van der Waals surface area contributed by atoms with Crippen molar-refractivity contribution >= 4 is 23.3 Å². The van der Waals surface area contributed by atoms with E-state index in [9.17, 15) is 9.59 Å². The van der Waals surface area contributed by atoms with Gasteiger partial charge in [0.1, 0.15) is 11.5 Å². The smallest absolute Gasteiger partial charge is 0.316 e. The molecule has 6 nitrogen and oxygen atoms in total. The predicted molar refractivity (Wildman–Crippen MR) is 103 cm³/mol. The number of benzene rings is 3. The van der Waals surface area contributed by atoms with Crippen LogP contribution in [0.3, 0.4) is 0 Å². The number of hydrogen-bond acceptors (Lipinski definition) is 3. The molecule has 1 heterocycles. The lowest BCUT2D eigenvalue weighted by Crippen LogP contribution is -2.25. The van der Waals surface area contributed by atoms with Crippen molar-refractivity contribution < 1.29 is 14.3 Å². The van der Waals surface area contributed by atoms with E-state index in [-0.39, 0.29) is 5.91 Å². The molecular formula is C21H17N3O3. The first kappa shape index (κ1) is 16.7. The fourth-order valence-electron chi connectivity index (χ4n) is 3.22. The van der Waals surface area contributed by atoms with Gasteiger partial charge in [-0.15, -0.1) is 0 Å². The Morgan fingerprint density at radius 2 is 1.33 bits per heavy atom. The van der Waals surface area contributed by atoms with E-state index < -0.39 is 11.9 Å². The maximum absolute atomic E-state index is 13.1. The molecule has 0 saturated heterocycles. The molecule has 0 saturated carbocycles. The molecule has 0 unspecified atom stereocenters. The van der Waals surface area contributed by atoms with Crippen molar-refractivity contribution in [3.63, 3.8) is 0 Å². The molecule has 134 valence electrons. The van der Waals surface area contributed by atoms with Crippen molar-refractivity contribution in [2.24, 2.45) is 5.73 Å². The van der Waals surface area contributed by atoms with Crippen LogP contribution in [0.4, 0.5) is 16.2 Å². The predicted octanol–water partition coefficient (Wildman–Crippen LogP) is 4.05. The molecule has 0 atom stereocenters. The third-order valence-electron chi connectivity index (χ3n) is 4.34. The van der Waals surface area contributed by atoms with Gasteiger partial charge in [0.2, 0.25) is 5.91 Å². The summed E-state index contributed by atoms with van der Waals surface area (Å²) in [7, 11) is 0. The average molecular weight is 359 g/mol. The molecule has 4 N–H and O–H groups in total. The second-order valence-corrected chi connectivity index (χ2v) is 6.17. The van der Waals surface area contributed by atoms with Crippen LogP contribution in [0.5, 0.6) is 11.5 Å². The monoisotopic (exact) mass is 359 g/mol. The van der Waals surface area contributed by atoms with E-state index in [1.54, 1.807) is 24.3 Å². The minimum atomic E-state index is -0.661. The summed E-state index contributed by atoms with van der Waals surface area (Å²) in [5.41, 5.74) is 7.83. The van der Waals surface area contributed by atoms with Gasteiger partial charge in [-0.05, 0) is 30.3 Å². The number of nitrogens with one attached hydrogen (secondary N) is 2. The van der Waals surface area contributed by atoms with Crippen LogP contribution in [0.15, 0.2) is 72.8 Å². The molecule has 0 fully saturated rings. The summed E-state index contributed by atoms with van der Waals surface area (Å²) >= 11 is 0. The summed E-state index contributed by atoms with van der Waals surface area (Å²) in [4.78, 5) is 24.2. The molecule has 0 radical (unpaired) electrons. The van der Waals surface area contributed by atoms with Crippen LogP contribution in [0.2, 0.25) is 0 Å². The summed E-state index contributed by atoms with van der Waals surface area (Å²) in [6.07, 6.45) is 0. The lowest BCUT2D eigenvalue weighted by atomic mass is 9.87. The Morgan fingerprint density at radius 3 is 1.93 bits per heavy atom. The lowest BCUT2D eigenvalue weighted by Gasteiger charge is -2.27. The molecule has 0 bridgehead atoms. The SMILES string of the molecule is NC(=O)Nc1cccc(NC(=O)C2c3ccccc3Oc3ccccc32)c1. The second kappa shape index (κ2) is 6.84. The molecule has 3 aromatic rings. The number of rotatable bonds is 3. The fraction of sp³-hybridized carbons (Fsp3) is 0.0476. The summed E-state index contributed by atoms with van der Waals surface area (Å²) in [5, 5.41) is 5.42. The van der Waals surface area contributed by atoms with Gasteiger partial charge in [0.05, 0.1) is 5.92 Å². The number of urea groups is 1. The highest BCUT2D eigenvalue weighted by Gasteiger charge is 2.32. The number of primary amides is 1. The molecule has 3 aromatic carbocycles. The lowest BCUT2D eigenvalue weighted by molar-refractivity contribution is -0.116. The zero-order valence-electron chi connectivity index (χ0n) is 14.3. The molecule has 6 heteroatoms. The standard InChI is InChI=1S/C21H17N3O3/c22-21(26)24-14-7-5-6-13(12-14)23-20(25)19-15-8-1-3-10-17(15)27-18-11-4-2-9-16(18)19/h1-12,19H,(H,23,25)(H3,22,24,26). The molecule has 27 heavy (non-hydrogen) atoms. The molecule has 3 amide bonds. The second-order valence-electron chi connectivity index (χ2n) is 6.17. The van der Waals surface area contributed by atoms with Crippen LogP contribution in [0, 0.1) is 0 Å². The first-order chi connectivity index (χ1) is 13.1. The topological polar surface area (TPSA) is 93.5 Å². The number of para-hydroxylation sites is 2. The Morgan fingerprint density at radius 1 is 0.778 bits per heavy atom. The Balaban J connectivity index is 1.67. The van der Waals surface area contributed by atoms with Gasteiger partial charge in [-0.2, -0.15) is 0 Å². The maximum Gasteiger partial charge on any atom is 0.316 e. The zero-order chi connectivity index (χ0) is 18.8. The number of hydrogen-bond donors (Lipinski definition) is 3. The van der Waals surface area contributed by atoms with Crippen LogP contribution in [0.1, 0.15) is 17.0 Å². The van der Waals surface area contributed by atoms with Crippen LogP contribution in [0.25, 0.3) is 0 Å². The molecule has 4 rings (SSSR count). The number of carbonyl (C=O) groups excluding carboxylic acids is 2. The van der Waals surface area contributed by atoms with Crippen molar-refractivity contribution in [2.45, 2.75) is 5.92 Å². The molecule has 0 aliphatic carbocycles. The van der Waals surface area contributed by atoms with Crippen molar-refractivity contribution in [1.82, 2.24) is 0 Å². The molecule has 1 aliphatic heterocycles. The third-order valence-corrected chi connectivity index (χ3v) is 4.34. The van der Waals surface area contributed by atoms with Gasteiger partial charge in [-0.3, -0.25) is 4.79 Å². The van der Waals surface area contributed by atoms with Crippen molar-refractivity contribution in [1.29, 1.82) is 0 Å². The normalized spacial score (nSPS) is 12.3. The minimum Gasteiger partial charge on any atom is -0.457 e. The largest absolute Gasteiger partial charge is 0.457 e. The van der Waals surface area contributed by atoms with Crippen molar-refractivity contribution in [3.05, 3.63) is 83.9 Å². The number of anilines is 2. The fourth-order valence-corrected chi connectivity index (χ4v) is 3.22. The summed E-state index contributed by atoms with van der Waals surface area (Å²) in [6, 6.07) is 21.2. The van der Waals surface area contributed by atoms with Gasteiger partial charge in [-0.25, -0.2) is 4.79 Å². The van der Waals surface area contributed by atoms with E-state index in [1.165, 1.54) is 0 Å². The zero-order valence-corrected chi connectivity index (χ0v) is 14.3. The highest BCUT2D eigenvalue weighted by molar-refractivity contribution is 6.00. The maximum atomic E-state index is 13.1. The van der Waals surface area contributed by atoms with Crippen LogP contribution in [-0.2, 0) is 4.79 Å². The van der Waals surface area contributed by atoms with E-state index in [0.717, 1.165) is 11.1 Å².